The Morgan fingerprint density at radius 3 is 2.12 bits per heavy atom. The van der Waals surface area contributed by atoms with Gasteiger partial charge >= 0.3 is 11.9 Å². The maximum atomic E-state index is 11.7. The van der Waals surface area contributed by atoms with Crippen molar-refractivity contribution in [1.29, 1.82) is 0 Å². The molecule has 5 heteroatoms. The average molecular weight is 228 g/mol. The molecular weight excluding hydrogens is 212 g/mol. The van der Waals surface area contributed by atoms with Crippen LogP contribution in [0.4, 0.5) is 0 Å². The van der Waals surface area contributed by atoms with Crippen LogP contribution in [0.1, 0.15) is 34.6 Å². The highest BCUT2D eigenvalue weighted by molar-refractivity contribution is 6.21. The fourth-order valence-electron chi connectivity index (χ4n) is 1.38. The monoisotopic (exact) mass is 228 g/mol. The van der Waals surface area contributed by atoms with Crippen LogP contribution in [-0.4, -0.2) is 28.9 Å². The fourth-order valence-corrected chi connectivity index (χ4v) is 1.38. The molecule has 90 valence electrons. The highest BCUT2D eigenvalue weighted by atomic mass is 16.6. The third-order valence-corrected chi connectivity index (χ3v) is 2.09. The summed E-state index contributed by atoms with van der Waals surface area (Å²) in [5, 5.41) is 0. The van der Waals surface area contributed by atoms with E-state index in [2.05, 4.69) is 0 Å². The Hall–Kier alpha value is -1.39. The molecule has 1 heterocycles. The second-order valence-corrected chi connectivity index (χ2v) is 5.26. The van der Waals surface area contributed by atoms with Crippen LogP contribution in [0.3, 0.4) is 0 Å². The number of hydrogen-bond donors (Lipinski definition) is 0. The number of carbonyl (C=O) groups is 3. The number of Topliss-reactive ketones (excluding diaryl/α,β-unsaturated/α-hetero) is 1. The fraction of sp³-hybridized carbons (Fsp3) is 0.727. The van der Waals surface area contributed by atoms with Gasteiger partial charge in [-0.25, -0.2) is 0 Å². The Kier molecular flexibility index (Phi) is 2.83. The summed E-state index contributed by atoms with van der Waals surface area (Å²) in [6.45, 7) is 7.91. The molecule has 1 aliphatic heterocycles. The summed E-state index contributed by atoms with van der Waals surface area (Å²) in [6.07, 6.45) is 0. The lowest BCUT2D eigenvalue weighted by Gasteiger charge is -2.20. The molecular formula is C11H16O5. The maximum Gasteiger partial charge on any atom is 0.329 e. The Bertz CT molecular complexity index is 348. The lowest BCUT2D eigenvalue weighted by Crippen LogP contribution is -2.37. The van der Waals surface area contributed by atoms with Crippen LogP contribution in [0.25, 0.3) is 0 Å². The van der Waals surface area contributed by atoms with Crippen LogP contribution in [0.5, 0.6) is 0 Å². The first kappa shape index (κ1) is 12.7. The zero-order chi connectivity index (χ0) is 12.7. The molecule has 0 aromatic carbocycles. The first-order valence-corrected chi connectivity index (χ1v) is 5.04. The van der Waals surface area contributed by atoms with E-state index in [0.717, 1.165) is 0 Å². The minimum atomic E-state index is -1.44. The summed E-state index contributed by atoms with van der Waals surface area (Å²) in [5.41, 5.74) is -1.97. The SMILES string of the molecule is CC(C)(C)OC(=O)C1C(=O)OC(C)(C)C1=O. The van der Waals surface area contributed by atoms with Crippen LogP contribution in [0.2, 0.25) is 0 Å². The third-order valence-electron chi connectivity index (χ3n) is 2.09. The molecule has 0 aromatic heterocycles. The minimum Gasteiger partial charge on any atom is -0.459 e. The molecule has 0 bridgehead atoms. The molecule has 0 N–H and O–H groups in total. The Morgan fingerprint density at radius 1 is 1.31 bits per heavy atom. The minimum absolute atomic E-state index is 0.549. The average Bonchev–Trinajstić information content (AvgIpc) is 2.17. The molecule has 0 saturated carbocycles. The van der Waals surface area contributed by atoms with Crippen molar-refractivity contribution in [2.24, 2.45) is 5.92 Å². The summed E-state index contributed by atoms with van der Waals surface area (Å²) in [5.74, 6) is -3.65. The lowest BCUT2D eigenvalue weighted by atomic mass is 9.95. The number of ketones is 1. The first-order chi connectivity index (χ1) is 7.04. The van der Waals surface area contributed by atoms with Crippen molar-refractivity contribution < 1.29 is 23.9 Å². The topological polar surface area (TPSA) is 69.7 Å². The quantitative estimate of drug-likeness (QED) is 0.491. The summed E-state index contributed by atoms with van der Waals surface area (Å²) in [7, 11) is 0. The molecule has 5 nitrogen and oxygen atoms in total. The van der Waals surface area contributed by atoms with Crippen molar-refractivity contribution in [2.75, 3.05) is 0 Å². The molecule has 0 spiro atoms. The van der Waals surface area contributed by atoms with Crippen LogP contribution in [0.15, 0.2) is 0 Å². The molecule has 0 aromatic rings. The number of carbonyl (C=O) groups excluding carboxylic acids is 3. The van der Waals surface area contributed by atoms with E-state index in [1.165, 1.54) is 13.8 Å². The molecule has 1 atom stereocenters. The van der Waals surface area contributed by atoms with Crippen LogP contribution in [0, 0.1) is 5.92 Å². The predicted molar refractivity (Wildman–Crippen MR) is 54.5 cm³/mol. The van der Waals surface area contributed by atoms with Gasteiger partial charge in [0.15, 0.2) is 5.60 Å². The summed E-state index contributed by atoms with van der Waals surface area (Å²) >= 11 is 0. The number of esters is 2. The van der Waals surface area contributed by atoms with Crippen molar-refractivity contribution in [2.45, 2.75) is 45.8 Å². The predicted octanol–water partition coefficient (Wildman–Crippen LogP) is 0.849. The van der Waals surface area contributed by atoms with Crippen molar-refractivity contribution in [1.82, 2.24) is 0 Å². The standard InChI is InChI=1S/C11H16O5/c1-10(2,3)15-8(13)6-7(12)11(4,5)16-9(6)14/h6H,1-5H3. The molecule has 0 amide bonds. The van der Waals surface area contributed by atoms with E-state index in [1.807, 2.05) is 0 Å². The van der Waals surface area contributed by atoms with Crippen molar-refractivity contribution >= 4 is 17.7 Å². The molecule has 1 fully saturated rings. The van der Waals surface area contributed by atoms with Crippen molar-refractivity contribution in [3.05, 3.63) is 0 Å². The molecule has 1 saturated heterocycles. The van der Waals surface area contributed by atoms with E-state index < -0.39 is 34.8 Å². The zero-order valence-corrected chi connectivity index (χ0v) is 10.1. The Balaban J connectivity index is 2.86. The summed E-state index contributed by atoms with van der Waals surface area (Å²) in [4.78, 5) is 34.7. The van der Waals surface area contributed by atoms with E-state index in [-0.39, 0.29) is 0 Å². The van der Waals surface area contributed by atoms with E-state index in [9.17, 15) is 14.4 Å². The van der Waals surface area contributed by atoms with E-state index in [0.29, 0.717) is 0 Å². The highest BCUT2D eigenvalue weighted by Crippen LogP contribution is 2.28. The summed E-state index contributed by atoms with van der Waals surface area (Å²) in [6, 6.07) is 0. The molecule has 0 aliphatic carbocycles. The first-order valence-electron chi connectivity index (χ1n) is 5.04. The smallest absolute Gasteiger partial charge is 0.329 e. The van der Waals surface area contributed by atoms with Gasteiger partial charge in [-0.3, -0.25) is 14.4 Å². The molecule has 1 unspecified atom stereocenters. The van der Waals surface area contributed by atoms with Gasteiger partial charge in [0.2, 0.25) is 11.7 Å². The van der Waals surface area contributed by atoms with Crippen molar-refractivity contribution in [3.63, 3.8) is 0 Å². The summed E-state index contributed by atoms with van der Waals surface area (Å²) < 4.78 is 9.82. The van der Waals surface area contributed by atoms with E-state index in [1.54, 1.807) is 20.8 Å². The Labute approximate surface area is 94.1 Å². The maximum absolute atomic E-state index is 11.7. The highest BCUT2D eigenvalue weighted by Gasteiger charge is 2.54. The van der Waals surface area contributed by atoms with E-state index >= 15 is 0 Å². The molecule has 16 heavy (non-hydrogen) atoms. The van der Waals surface area contributed by atoms with Gasteiger partial charge in [-0.05, 0) is 34.6 Å². The largest absolute Gasteiger partial charge is 0.459 e. The zero-order valence-electron chi connectivity index (χ0n) is 10.1. The second-order valence-electron chi connectivity index (χ2n) is 5.26. The van der Waals surface area contributed by atoms with Gasteiger partial charge in [-0.2, -0.15) is 0 Å². The van der Waals surface area contributed by atoms with Crippen molar-refractivity contribution in [3.8, 4) is 0 Å². The van der Waals surface area contributed by atoms with Gasteiger partial charge in [0.05, 0.1) is 0 Å². The Morgan fingerprint density at radius 2 is 1.81 bits per heavy atom. The number of rotatable bonds is 1. The normalized spacial score (nSPS) is 24.2. The lowest BCUT2D eigenvalue weighted by molar-refractivity contribution is -0.165. The van der Waals surface area contributed by atoms with Gasteiger partial charge in [-0.1, -0.05) is 0 Å². The van der Waals surface area contributed by atoms with Gasteiger partial charge in [0, 0.05) is 0 Å². The molecule has 1 rings (SSSR count). The van der Waals surface area contributed by atoms with Gasteiger partial charge in [0.1, 0.15) is 5.60 Å². The van der Waals surface area contributed by atoms with Crippen LogP contribution >= 0.6 is 0 Å². The number of cyclic esters (lactones) is 1. The van der Waals surface area contributed by atoms with E-state index in [4.69, 9.17) is 9.47 Å². The number of ether oxygens (including phenoxy) is 2. The third kappa shape index (κ3) is 2.40. The van der Waals surface area contributed by atoms with Crippen LogP contribution in [-0.2, 0) is 23.9 Å². The molecule has 0 radical (unpaired) electrons. The van der Waals surface area contributed by atoms with Gasteiger partial charge in [0.25, 0.3) is 0 Å². The van der Waals surface area contributed by atoms with Crippen LogP contribution < -0.4 is 0 Å². The number of hydrogen-bond acceptors (Lipinski definition) is 5. The van der Waals surface area contributed by atoms with Gasteiger partial charge < -0.3 is 9.47 Å². The molecule has 1 aliphatic rings. The second kappa shape index (κ2) is 3.57. The van der Waals surface area contributed by atoms with Gasteiger partial charge in [-0.15, -0.1) is 0 Å².